The molecule has 3 N–H and O–H groups in total. The molecule has 0 atom stereocenters. The Kier molecular flexibility index (Phi) is 3.49. The van der Waals surface area contributed by atoms with Gasteiger partial charge in [-0.2, -0.15) is 5.10 Å². The summed E-state index contributed by atoms with van der Waals surface area (Å²) in [5, 5.41) is 3.97. The van der Waals surface area contributed by atoms with Crippen LogP contribution in [0.2, 0.25) is 0 Å². The first-order valence-electron chi connectivity index (χ1n) is 5.16. The second kappa shape index (κ2) is 4.44. The maximum atomic E-state index is 10.4. The van der Waals surface area contributed by atoms with Crippen LogP contribution in [0.4, 0.5) is 4.79 Å². The van der Waals surface area contributed by atoms with Gasteiger partial charge in [0.1, 0.15) is 0 Å². The highest BCUT2D eigenvalue weighted by Gasteiger charge is 2.27. The second-order valence-electron chi connectivity index (χ2n) is 4.32. The van der Waals surface area contributed by atoms with Crippen molar-refractivity contribution < 1.29 is 4.79 Å². The van der Waals surface area contributed by atoms with Gasteiger partial charge in [0.2, 0.25) is 0 Å². The highest BCUT2D eigenvalue weighted by Crippen LogP contribution is 2.37. The van der Waals surface area contributed by atoms with Crippen LogP contribution in [0.25, 0.3) is 0 Å². The van der Waals surface area contributed by atoms with Crippen molar-refractivity contribution in [1.29, 1.82) is 0 Å². The molecule has 0 aromatic carbocycles. The first kappa shape index (κ1) is 11.0. The van der Waals surface area contributed by atoms with Crippen LogP contribution in [0, 0.1) is 5.41 Å². The van der Waals surface area contributed by atoms with E-state index in [2.05, 4.69) is 24.4 Å². The number of rotatable bonds is 2. The van der Waals surface area contributed by atoms with Crippen LogP contribution >= 0.6 is 0 Å². The monoisotopic (exact) mass is 197 g/mol. The van der Waals surface area contributed by atoms with Gasteiger partial charge in [-0.1, -0.05) is 20.3 Å². The molecular weight excluding hydrogens is 178 g/mol. The molecule has 0 heterocycles. The van der Waals surface area contributed by atoms with Crippen LogP contribution < -0.4 is 11.2 Å². The van der Waals surface area contributed by atoms with E-state index in [9.17, 15) is 4.79 Å². The maximum Gasteiger partial charge on any atom is 0.332 e. The molecule has 0 spiro atoms. The molecule has 1 aliphatic rings. The van der Waals surface area contributed by atoms with Gasteiger partial charge in [-0.3, -0.25) is 0 Å². The summed E-state index contributed by atoms with van der Waals surface area (Å²) in [7, 11) is 0. The maximum absolute atomic E-state index is 10.4. The van der Waals surface area contributed by atoms with E-state index in [1.54, 1.807) is 0 Å². The van der Waals surface area contributed by atoms with Gasteiger partial charge in [-0.05, 0) is 31.1 Å². The molecule has 4 heteroatoms. The fourth-order valence-corrected chi connectivity index (χ4v) is 1.74. The Bertz CT molecular complexity index is 238. The number of nitrogens with zero attached hydrogens (tertiary/aromatic N) is 1. The minimum atomic E-state index is -0.582. The third-order valence-corrected chi connectivity index (χ3v) is 3.21. The van der Waals surface area contributed by atoms with Crippen LogP contribution in [0.3, 0.4) is 0 Å². The third kappa shape index (κ3) is 3.01. The third-order valence-electron chi connectivity index (χ3n) is 3.21. The molecule has 0 unspecified atom stereocenters. The van der Waals surface area contributed by atoms with E-state index >= 15 is 0 Å². The van der Waals surface area contributed by atoms with Crippen molar-refractivity contribution >= 4 is 11.7 Å². The largest absolute Gasteiger partial charge is 0.350 e. The zero-order chi connectivity index (χ0) is 10.6. The first-order valence-corrected chi connectivity index (χ1v) is 5.16. The van der Waals surface area contributed by atoms with Gasteiger partial charge < -0.3 is 5.73 Å². The van der Waals surface area contributed by atoms with Crippen LogP contribution in [0.5, 0.6) is 0 Å². The molecule has 0 radical (unpaired) electrons. The molecule has 1 saturated carbocycles. The van der Waals surface area contributed by atoms with Crippen molar-refractivity contribution in [2.24, 2.45) is 16.3 Å². The zero-order valence-corrected chi connectivity index (χ0v) is 8.97. The van der Waals surface area contributed by atoms with Crippen molar-refractivity contribution in [2.75, 3.05) is 0 Å². The van der Waals surface area contributed by atoms with Gasteiger partial charge in [-0.15, -0.1) is 0 Å². The van der Waals surface area contributed by atoms with Crippen LogP contribution in [-0.2, 0) is 0 Å². The van der Waals surface area contributed by atoms with Crippen molar-refractivity contribution in [3.05, 3.63) is 0 Å². The molecule has 4 nitrogen and oxygen atoms in total. The number of hydrogen-bond donors (Lipinski definition) is 2. The lowest BCUT2D eigenvalue weighted by molar-refractivity contribution is 0.247. The summed E-state index contributed by atoms with van der Waals surface area (Å²) in [6.45, 7) is 4.54. The van der Waals surface area contributed by atoms with E-state index in [0.29, 0.717) is 5.41 Å². The van der Waals surface area contributed by atoms with E-state index in [1.165, 1.54) is 6.42 Å². The number of primary amides is 1. The molecule has 80 valence electrons. The Balaban J connectivity index is 2.42. The summed E-state index contributed by atoms with van der Waals surface area (Å²) in [6, 6.07) is -0.582. The zero-order valence-electron chi connectivity index (χ0n) is 8.97. The smallest absolute Gasteiger partial charge is 0.332 e. The van der Waals surface area contributed by atoms with Crippen molar-refractivity contribution in [1.82, 2.24) is 5.43 Å². The standard InChI is InChI=1S/C10H19N3O/c1-3-10(2)6-4-8(5-7-10)12-13-9(11)14/h3-7H2,1-2H3,(H3,11,13,14). The molecule has 1 aliphatic carbocycles. The fraction of sp³-hybridized carbons (Fsp3) is 0.800. The van der Waals surface area contributed by atoms with Crippen molar-refractivity contribution in [2.45, 2.75) is 46.0 Å². The molecule has 0 aromatic rings. The van der Waals surface area contributed by atoms with Crippen molar-refractivity contribution in [3.63, 3.8) is 0 Å². The Morgan fingerprint density at radius 1 is 1.57 bits per heavy atom. The highest BCUT2D eigenvalue weighted by molar-refractivity contribution is 5.86. The van der Waals surface area contributed by atoms with E-state index in [0.717, 1.165) is 31.4 Å². The summed E-state index contributed by atoms with van der Waals surface area (Å²) in [4.78, 5) is 10.4. The van der Waals surface area contributed by atoms with Gasteiger partial charge in [-0.25, -0.2) is 10.2 Å². The van der Waals surface area contributed by atoms with Gasteiger partial charge in [0.05, 0.1) is 0 Å². The number of amides is 2. The number of hydrogen-bond acceptors (Lipinski definition) is 2. The quantitative estimate of drug-likeness (QED) is 0.653. The average Bonchev–Trinajstić information content (AvgIpc) is 2.17. The predicted octanol–water partition coefficient (Wildman–Crippen LogP) is 2.00. The number of nitrogens with two attached hydrogens (primary N) is 1. The summed E-state index contributed by atoms with van der Waals surface area (Å²) in [5.74, 6) is 0. The Morgan fingerprint density at radius 2 is 2.14 bits per heavy atom. The van der Waals surface area contributed by atoms with E-state index in [-0.39, 0.29) is 0 Å². The number of urea groups is 1. The van der Waals surface area contributed by atoms with Crippen LogP contribution in [0.1, 0.15) is 46.0 Å². The summed E-state index contributed by atoms with van der Waals surface area (Å²) in [6.07, 6.45) is 5.48. The molecule has 0 aliphatic heterocycles. The Labute approximate surface area is 84.9 Å². The van der Waals surface area contributed by atoms with Crippen LogP contribution in [-0.4, -0.2) is 11.7 Å². The topological polar surface area (TPSA) is 67.5 Å². The molecule has 1 rings (SSSR count). The fourth-order valence-electron chi connectivity index (χ4n) is 1.74. The molecule has 0 bridgehead atoms. The normalized spacial score (nSPS) is 27.1. The summed E-state index contributed by atoms with van der Waals surface area (Å²) < 4.78 is 0. The molecule has 0 saturated heterocycles. The van der Waals surface area contributed by atoms with Gasteiger partial charge in [0.15, 0.2) is 0 Å². The number of nitrogens with one attached hydrogen (secondary N) is 1. The molecule has 0 aromatic heterocycles. The highest BCUT2D eigenvalue weighted by atomic mass is 16.2. The minimum absolute atomic E-state index is 0.464. The predicted molar refractivity (Wildman–Crippen MR) is 57.0 cm³/mol. The summed E-state index contributed by atoms with van der Waals surface area (Å²) in [5.41, 5.74) is 8.75. The minimum Gasteiger partial charge on any atom is -0.350 e. The Hall–Kier alpha value is -1.06. The van der Waals surface area contributed by atoms with Gasteiger partial charge in [0, 0.05) is 5.71 Å². The lowest BCUT2D eigenvalue weighted by atomic mass is 9.73. The number of carbonyl (C=O) groups excluding carboxylic acids is 1. The lowest BCUT2D eigenvalue weighted by Gasteiger charge is -2.32. The second-order valence-corrected chi connectivity index (χ2v) is 4.32. The molecule has 2 amide bonds. The first-order chi connectivity index (χ1) is 6.56. The molecule has 14 heavy (non-hydrogen) atoms. The summed E-state index contributed by atoms with van der Waals surface area (Å²) >= 11 is 0. The van der Waals surface area contributed by atoms with Gasteiger partial charge >= 0.3 is 6.03 Å². The molecule has 1 fully saturated rings. The number of hydrazone groups is 1. The lowest BCUT2D eigenvalue weighted by Crippen LogP contribution is -2.29. The van der Waals surface area contributed by atoms with Crippen molar-refractivity contribution in [3.8, 4) is 0 Å². The Morgan fingerprint density at radius 3 is 2.57 bits per heavy atom. The van der Waals surface area contributed by atoms with E-state index in [1.807, 2.05) is 0 Å². The van der Waals surface area contributed by atoms with Crippen LogP contribution in [0.15, 0.2) is 5.10 Å². The van der Waals surface area contributed by atoms with E-state index < -0.39 is 6.03 Å². The number of carbonyl (C=O) groups is 1. The van der Waals surface area contributed by atoms with Gasteiger partial charge in [0.25, 0.3) is 0 Å². The molecular formula is C10H19N3O. The SMILES string of the molecule is CCC1(C)CCC(=NNC(N)=O)CC1. The van der Waals surface area contributed by atoms with E-state index in [4.69, 9.17) is 5.73 Å². The average molecular weight is 197 g/mol.